The summed E-state index contributed by atoms with van der Waals surface area (Å²) in [5.41, 5.74) is 0. The molecule has 0 unspecified atom stereocenters. The van der Waals surface area contributed by atoms with Gasteiger partial charge in [-0.1, -0.05) is 0 Å². The molecule has 0 saturated heterocycles. The van der Waals surface area contributed by atoms with Gasteiger partial charge in [-0.2, -0.15) is 0 Å². The van der Waals surface area contributed by atoms with E-state index in [4.69, 9.17) is 20.9 Å². The predicted octanol–water partition coefficient (Wildman–Crippen LogP) is 1.50. The smallest absolute Gasteiger partial charge is 0.260 e. The first-order chi connectivity index (χ1) is 4.68. The van der Waals surface area contributed by atoms with Crippen molar-refractivity contribution in [3.8, 4) is 0 Å². The SMILES string of the molecule is CCOP(=S)(NC)OCC. The van der Waals surface area contributed by atoms with E-state index < -0.39 is 6.64 Å². The Kier molecular flexibility index (Phi) is 5.49. The molecule has 1 N–H and O–H groups in total. The molecule has 0 bridgehead atoms. The molecule has 62 valence electrons. The first-order valence-corrected chi connectivity index (χ1v) is 5.90. The van der Waals surface area contributed by atoms with Gasteiger partial charge in [-0.3, -0.25) is 0 Å². The summed E-state index contributed by atoms with van der Waals surface area (Å²) in [5.74, 6) is 0. The second-order valence-corrected chi connectivity index (χ2v) is 4.96. The van der Waals surface area contributed by atoms with Gasteiger partial charge < -0.3 is 9.05 Å². The average Bonchev–Trinajstić information content (AvgIpc) is 1.89. The summed E-state index contributed by atoms with van der Waals surface area (Å²) >= 11 is 5.06. The van der Waals surface area contributed by atoms with Gasteiger partial charge in [-0.25, -0.2) is 5.09 Å². The van der Waals surface area contributed by atoms with Crippen LogP contribution in [-0.4, -0.2) is 20.3 Å². The monoisotopic (exact) mass is 183 g/mol. The van der Waals surface area contributed by atoms with Crippen molar-refractivity contribution < 1.29 is 9.05 Å². The van der Waals surface area contributed by atoms with Crippen LogP contribution >= 0.6 is 6.64 Å². The average molecular weight is 183 g/mol. The molecule has 0 radical (unpaired) electrons. The Morgan fingerprint density at radius 2 is 1.70 bits per heavy atom. The normalized spacial score (nSPS) is 11.9. The maximum Gasteiger partial charge on any atom is 0.260 e. The molecule has 5 heteroatoms. The molecule has 0 aromatic carbocycles. The lowest BCUT2D eigenvalue weighted by molar-refractivity contribution is 0.260. The van der Waals surface area contributed by atoms with Gasteiger partial charge >= 0.3 is 0 Å². The highest BCUT2D eigenvalue weighted by molar-refractivity contribution is 8.08. The molecule has 10 heavy (non-hydrogen) atoms. The summed E-state index contributed by atoms with van der Waals surface area (Å²) in [4.78, 5) is 0. The fourth-order valence-electron chi connectivity index (χ4n) is 0.506. The van der Waals surface area contributed by atoms with Crippen molar-refractivity contribution in [3.63, 3.8) is 0 Å². The highest BCUT2D eigenvalue weighted by Gasteiger charge is 2.13. The first kappa shape index (κ1) is 10.5. The number of nitrogens with one attached hydrogen (secondary N) is 1. The van der Waals surface area contributed by atoms with Crippen molar-refractivity contribution in [1.82, 2.24) is 5.09 Å². The van der Waals surface area contributed by atoms with Crippen LogP contribution in [0.3, 0.4) is 0 Å². The van der Waals surface area contributed by atoms with Crippen molar-refractivity contribution in [1.29, 1.82) is 0 Å². The maximum atomic E-state index is 5.21. The van der Waals surface area contributed by atoms with E-state index in [0.29, 0.717) is 13.2 Å². The molecule has 0 heterocycles. The molecule has 3 nitrogen and oxygen atoms in total. The van der Waals surface area contributed by atoms with Gasteiger partial charge in [0.25, 0.3) is 6.64 Å². The quantitative estimate of drug-likeness (QED) is 0.654. The summed E-state index contributed by atoms with van der Waals surface area (Å²) in [6.07, 6.45) is 0. The molecule has 0 aromatic heterocycles. The van der Waals surface area contributed by atoms with Crippen LogP contribution in [0.2, 0.25) is 0 Å². The summed E-state index contributed by atoms with van der Waals surface area (Å²) in [7, 11) is 1.76. The van der Waals surface area contributed by atoms with Gasteiger partial charge in [0.1, 0.15) is 0 Å². The molecular weight excluding hydrogens is 169 g/mol. The lowest BCUT2D eigenvalue weighted by Gasteiger charge is -2.18. The molecule has 0 atom stereocenters. The standard InChI is InChI=1S/C5H14NO2PS/c1-4-7-9(10,6-3)8-5-2/h4-5H2,1-3H3,(H,6,10). The lowest BCUT2D eigenvalue weighted by Crippen LogP contribution is -2.08. The Morgan fingerprint density at radius 3 is 1.90 bits per heavy atom. The zero-order valence-electron chi connectivity index (χ0n) is 6.59. The third kappa shape index (κ3) is 3.64. The molecule has 0 aliphatic carbocycles. The molecule has 0 aliphatic rings. The Balaban J connectivity index is 3.83. The van der Waals surface area contributed by atoms with Gasteiger partial charge in [0.2, 0.25) is 0 Å². The van der Waals surface area contributed by atoms with Gasteiger partial charge in [-0.15, -0.1) is 0 Å². The molecule has 0 aliphatic heterocycles. The summed E-state index contributed by atoms with van der Waals surface area (Å²) < 4.78 is 10.4. The molecule has 0 rings (SSSR count). The van der Waals surface area contributed by atoms with E-state index in [1.54, 1.807) is 7.05 Å². The number of hydrogen-bond donors (Lipinski definition) is 1. The minimum atomic E-state index is -2.12. The Labute approximate surface area is 67.3 Å². The molecule has 0 amide bonds. The number of hydrogen-bond acceptors (Lipinski definition) is 3. The van der Waals surface area contributed by atoms with Crippen LogP contribution in [0.5, 0.6) is 0 Å². The van der Waals surface area contributed by atoms with E-state index in [1.165, 1.54) is 0 Å². The van der Waals surface area contributed by atoms with Gasteiger partial charge in [0, 0.05) is 0 Å². The molecule has 0 fully saturated rings. The summed E-state index contributed by atoms with van der Waals surface area (Å²) in [6, 6.07) is 0. The fourth-order valence-corrected chi connectivity index (χ4v) is 2.15. The van der Waals surface area contributed by atoms with Crippen molar-refractivity contribution in [3.05, 3.63) is 0 Å². The highest BCUT2D eigenvalue weighted by atomic mass is 32.5. The number of rotatable bonds is 5. The van der Waals surface area contributed by atoms with Crippen LogP contribution in [-0.2, 0) is 20.9 Å². The zero-order valence-corrected chi connectivity index (χ0v) is 8.30. The Bertz CT molecular complexity index is 121. The van der Waals surface area contributed by atoms with Crippen molar-refractivity contribution in [2.45, 2.75) is 13.8 Å². The molecular formula is C5H14NO2PS. The largest absolute Gasteiger partial charge is 0.318 e. The molecule has 0 aromatic rings. The summed E-state index contributed by atoms with van der Waals surface area (Å²) in [5, 5.41) is 2.86. The van der Waals surface area contributed by atoms with Crippen LogP contribution in [0.4, 0.5) is 0 Å². The highest BCUT2D eigenvalue weighted by Crippen LogP contribution is 2.42. The zero-order chi connectivity index (χ0) is 8.04. The van der Waals surface area contributed by atoms with Crippen LogP contribution in [0.25, 0.3) is 0 Å². The Morgan fingerprint density at radius 1 is 1.30 bits per heavy atom. The second kappa shape index (κ2) is 5.22. The minimum Gasteiger partial charge on any atom is -0.318 e. The molecule has 0 saturated carbocycles. The van der Waals surface area contributed by atoms with Crippen LogP contribution in [0.1, 0.15) is 13.8 Å². The van der Waals surface area contributed by atoms with Gasteiger partial charge in [0.15, 0.2) is 0 Å². The van der Waals surface area contributed by atoms with Crippen molar-refractivity contribution in [2.75, 3.05) is 20.3 Å². The predicted molar refractivity (Wildman–Crippen MR) is 46.6 cm³/mol. The third-order valence-corrected chi connectivity index (χ3v) is 3.80. The third-order valence-electron chi connectivity index (χ3n) is 0.872. The maximum absolute atomic E-state index is 5.21. The Hall–Kier alpha value is 0.530. The van der Waals surface area contributed by atoms with E-state index in [2.05, 4.69) is 5.09 Å². The van der Waals surface area contributed by atoms with E-state index in [1.807, 2.05) is 13.8 Å². The van der Waals surface area contributed by atoms with Crippen LogP contribution in [0.15, 0.2) is 0 Å². The first-order valence-electron chi connectivity index (χ1n) is 3.26. The van der Waals surface area contributed by atoms with E-state index >= 15 is 0 Å². The topological polar surface area (TPSA) is 30.5 Å². The minimum absolute atomic E-state index is 0.595. The van der Waals surface area contributed by atoms with Crippen molar-refractivity contribution in [2.24, 2.45) is 0 Å². The van der Waals surface area contributed by atoms with Crippen LogP contribution < -0.4 is 5.09 Å². The lowest BCUT2D eigenvalue weighted by atomic mass is 10.9. The molecule has 0 spiro atoms. The van der Waals surface area contributed by atoms with E-state index in [0.717, 1.165) is 0 Å². The van der Waals surface area contributed by atoms with Gasteiger partial charge in [0.05, 0.1) is 13.2 Å². The van der Waals surface area contributed by atoms with Crippen LogP contribution in [0, 0.1) is 0 Å². The summed E-state index contributed by atoms with van der Waals surface area (Å²) in [6.45, 7) is 2.87. The fraction of sp³-hybridized carbons (Fsp3) is 1.00. The van der Waals surface area contributed by atoms with E-state index in [9.17, 15) is 0 Å². The second-order valence-electron chi connectivity index (χ2n) is 1.56. The van der Waals surface area contributed by atoms with Gasteiger partial charge in [-0.05, 0) is 32.7 Å². The van der Waals surface area contributed by atoms with E-state index in [-0.39, 0.29) is 0 Å². The van der Waals surface area contributed by atoms with Crippen molar-refractivity contribution >= 4 is 18.4 Å².